The third-order valence-electron chi connectivity index (χ3n) is 4.24. The normalized spacial score (nSPS) is 17.4. The Morgan fingerprint density at radius 1 is 1.22 bits per heavy atom. The minimum Gasteiger partial charge on any atom is -0.334 e. The number of H-pyrrole nitrogens is 1. The molecule has 1 amide bonds. The molecule has 1 aliphatic rings. The smallest absolute Gasteiger partial charge is 0.328 e. The number of nitrogens with one attached hydrogen (secondary N) is 1. The van der Waals surface area contributed by atoms with Crippen molar-refractivity contribution in [1.29, 1.82) is 0 Å². The van der Waals surface area contributed by atoms with Crippen molar-refractivity contribution in [2.24, 2.45) is 0 Å². The van der Waals surface area contributed by atoms with E-state index in [4.69, 9.17) is 0 Å². The molecule has 0 saturated carbocycles. The number of aryl methyl sites for hydroxylation is 1. The van der Waals surface area contributed by atoms with Gasteiger partial charge in [-0.25, -0.2) is 4.79 Å². The number of hydrogen-bond acceptors (Lipinski definition) is 3. The van der Waals surface area contributed by atoms with Crippen LogP contribution in [-0.2, 0) is 11.3 Å². The fourth-order valence-electron chi connectivity index (χ4n) is 3.01. The van der Waals surface area contributed by atoms with Crippen molar-refractivity contribution in [1.82, 2.24) is 14.5 Å². The molecule has 1 saturated heterocycles. The van der Waals surface area contributed by atoms with Gasteiger partial charge in [0.15, 0.2) is 0 Å². The second kappa shape index (κ2) is 6.24. The number of carbonyl (C=O) groups is 1. The Bertz CT molecular complexity index is 820. The molecule has 0 bridgehead atoms. The zero-order chi connectivity index (χ0) is 16.4. The minimum atomic E-state index is -0.558. The highest BCUT2D eigenvalue weighted by Crippen LogP contribution is 2.32. The topological polar surface area (TPSA) is 75.2 Å². The first-order valence-electron chi connectivity index (χ1n) is 7.70. The number of amides is 1. The molecule has 1 aromatic carbocycles. The lowest BCUT2D eigenvalue weighted by atomic mass is 10.0. The van der Waals surface area contributed by atoms with Gasteiger partial charge in [-0.15, -0.1) is 0 Å². The second-order valence-electron chi connectivity index (χ2n) is 5.89. The zero-order valence-corrected chi connectivity index (χ0v) is 13.0. The highest BCUT2D eigenvalue weighted by atomic mass is 16.2. The summed E-state index contributed by atoms with van der Waals surface area (Å²) in [5.74, 6) is -0.109. The maximum atomic E-state index is 12.6. The summed E-state index contributed by atoms with van der Waals surface area (Å²) >= 11 is 0. The van der Waals surface area contributed by atoms with Crippen LogP contribution in [0.2, 0.25) is 0 Å². The van der Waals surface area contributed by atoms with E-state index in [1.807, 2.05) is 24.0 Å². The van der Waals surface area contributed by atoms with E-state index in [1.54, 1.807) is 0 Å². The van der Waals surface area contributed by atoms with Crippen molar-refractivity contribution >= 4 is 5.91 Å². The molecular formula is C17H19N3O3. The Morgan fingerprint density at radius 2 is 1.96 bits per heavy atom. The van der Waals surface area contributed by atoms with E-state index in [0.717, 1.165) is 18.4 Å². The molecule has 2 heterocycles. The Balaban J connectivity index is 1.79. The fraction of sp³-hybridized carbons (Fsp3) is 0.353. The summed E-state index contributed by atoms with van der Waals surface area (Å²) in [4.78, 5) is 39.4. The van der Waals surface area contributed by atoms with Gasteiger partial charge < -0.3 is 4.90 Å². The molecule has 1 atom stereocenters. The number of carbonyl (C=O) groups excluding carboxylic acids is 1. The number of likely N-dealkylation sites (tertiary alicyclic amines) is 1. The molecule has 2 aromatic rings. The minimum absolute atomic E-state index is 0.0570. The first kappa shape index (κ1) is 15.3. The summed E-state index contributed by atoms with van der Waals surface area (Å²) in [7, 11) is 0. The Kier molecular flexibility index (Phi) is 4.14. The van der Waals surface area contributed by atoms with Crippen LogP contribution in [0.3, 0.4) is 0 Å². The van der Waals surface area contributed by atoms with Gasteiger partial charge >= 0.3 is 5.69 Å². The summed E-state index contributed by atoms with van der Waals surface area (Å²) in [6.45, 7) is 2.66. The van der Waals surface area contributed by atoms with Crippen LogP contribution in [0.25, 0.3) is 0 Å². The predicted molar refractivity (Wildman–Crippen MR) is 86.2 cm³/mol. The molecule has 1 aromatic heterocycles. The third-order valence-corrected chi connectivity index (χ3v) is 4.24. The summed E-state index contributed by atoms with van der Waals surface area (Å²) in [6.07, 6.45) is 3.23. The predicted octanol–water partition coefficient (Wildman–Crippen LogP) is 1.21. The van der Waals surface area contributed by atoms with Crippen LogP contribution in [0.1, 0.15) is 30.0 Å². The molecule has 0 unspecified atom stereocenters. The zero-order valence-electron chi connectivity index (χ0n) is 13.0. The van der Waals surface area contributed by atoms with Crippen molar-refractivity contribution in [2.75, 3.05) is 6.54 Å². The summed E-state index contributed by atoms with van der Waals surface area (Å²) in [5.41, 5.74) is 1.29. The van der Waals surface area contributed by atoms with Gasteiger partial charge in [0, 0.05) is 18.8 Å². The van der Waals surface area contributed by atoms with E-state index < -0.39 is 11.2 Å². The average molecular weight is 313 g/mol. The first-order chi connectivity index (χ1) is 11.0. The monoisotopic (exact) mass is 313 g/mol. The van der Waals surface area contributed by atoms with Crippen molar-refractivity contribution in [3.8, 4) is 0 Å². The molecule has 0 spiro atoms. The number of benzene rings is 1. The molecule has 120 valence electrons. The molecule has 3 rings (SSSR count). The summed E-state index contributed by atoms with van der Waals surface area (Å²) < 4.78 is 1.23. The molecule has 1 fully saturated rings. The standard InChI is InChI=1S/C17H19N3O3/c1-12-4-6-13(7-5-12)14-3-2-9-20(14)16(22)11-19-10-8-15(21)18-17(19)23/h4-8,10,14H,2-3,9,11H2,1H3,(H,18,21,23)/t14-/m1/s1. The highest BCUT2D eigenvalue weighted by molar-refractivity contribution is 5.76. The number of nitrogens with zero attached hydrogens (tertiary/aromatic N) is 2. The Labute approximate surface area is 133 Å². The Morgan fingerprint density at radius 3 is 2.65 bits per heavy atom. The first-order valence-corrected chi connectivity index (χ1v) is 7.70. The van der Waals surface area contributed by atoms with E-state index in [1.165, 1.54) is 22.4 Å². The summed E-state index contributed by atoms with van der Waals surface area (Å²) in [5, 5.41) is 0. The van der Waals surface area contributed by atoms with Crippen LogP contribution in [0.4, 0.5) is 0 Å². The maximum absolute atomic E-state index is 12.6. The molecule has 1 N–H and O–H groups in total. The van der Waals surface area contributed by atoms with E-state index in [9.17, 15) is 14.4 Å². The van der Waals surface area contributed by atoms with Gasteiger partial charge in [0.25, 0.3) is 5.56 Å². The van der Waals surface area contributed by atoms with E-state index in [0.29, 0.717) is 6.54 Å². The molecular weight excluding hydrogens is 294 g/mol. The third kappa shape index (κ3) is 3.26. The molecule has 0 aliphatic carbocycles. The van der Waals surface area contributed by atoms with E-state index in [2.05, 4.69) is 17.1 Å². The maximum Gasteiger partial charge on any atom is 0.328 e. The quantitative estimate of drug-likeness (QED) is 0.925. The largest absolute Gasteiger partial charge is 0.334 e. The highest BCUT2D eigenvalue weighted by Gasteiger charge is 2.29. The van der Waals surface area contributed by atoms with Gasteiger partial charge in [-0.1, -0.05) is 29.8 Å². The molecule has 23 heavy (non-hydrogen) atoms. The van der Waals surface area contributed by atoms with Crippen LogP contribution in [0.15, 0.2) is 46.1 Å². The van der Waals surface area contributed by atoms with E-state index in [-0.39, 0.29) is 18.5 Å². The number of aromatic amines is 1. The molecule has 1 aliphatic heterocycles. The van der Waals surface area contributed by atoms with Crippen molar-refractivity contribution in [3.63, 3.8) is 0 Å². The molecule has 0 radical (unpaired) electrons. The molecule has 6 heteroatoms. The second-order valence-corrected chi connectivity index (χ2v) is 5.89. The van der Waals surface area contributed by atoms with E-state index >= 15 is 0 Å². The van der Waals surface area contributed by atoms with Gasteiger partial charge in [-0.3, -0.25) is 19.1 Å². The lowest BCUT2D eigenvalue weighted by molar-refractivity contribution is -0.132. The number of hydrogen-bond donors (Lipinski definition) is 1. The molecule has 6 nitrogen and oxygen atoms in total. The van der Waals surface area contributed by atoms with Crippen LogP contribution in [-0.4, -0.2) is 26.9 Å². The SMILES string of the molecule is Cc1ccc([C@H]2CCCN2C(=O)Cn2ccc(=O)[nH]c2=O)cc1. The average Bonchev–Trinajstić information content (AvgIpc) is 3.00. The van der Waals surface area contributed by atoms with Gasteiger partial charge in [-0.05, 0) is 25.3 Å². The Hall–Kier alpha value is -2.63. The van der Waals surface area contributed by atoms with Crippen molar-refractivity contribution in [3.05, 3.63) is 68.5 Å². The summed E-state index contributed by atoms with van der Waals surface area (Å²) in [6, 6.07) is 9.50. The number of aromatic nitrogens is 2. The van der Waals surface area contributed by atoms with Gasteiger partial charge in [0.05, 0.1) is 6.04 Å². The van der Waals surface area contributed by atoms with Crippen LogP contribution in [0, 0.1) is 6.92 Å². The lowest BCUT2D eigenvalue weighted by Crippen LogP contribution is -2.38. The van der Waals surface area contributed by atoms with Gasteiger partial charge in [0.2, 0.25) is 5.91 Å². The van der Waals surface area contributed by atoms with Crippen LogP contribution in [0.5, 0.6) is 0 Å². The van der Waals surface area contributed by atoms with Gasteiger partial charge in [0.1, 0.15) is 6.54 Å². The number of rotatable bonds is 3. The van der Waals surface area contributed by atoms with Crippen LogP contribution >= 0.6 is 0 Å². The van der Waals surface area contributed by atoms with Crippen LogP contribution < -0.4 is 11.2 Å². The fourth-order valence-corrected chi connectivity index (χ4v) is 3.01. The lowest BCUT2D eigenvalue weighted by Gasteiger charge is -2.25. The van der Waals surface area contributed by atoms with Gasteiger partial charge in [-0.2, -0.15) is 0 Å². The van der Waals surface area contributed by atoms with Crippen molar-refractivity contribution in [2.45, 2.75) is 32.4 Å². The van der Waals surface area contributed by atoms with Crippen molar-refractivity contribution < 1.29 is 4.79 Å².